The Hall–Kier alpha value is -1.47. The predicted octanol–water partition coefficient (Wildman–Crippen LogP) is 4.01. The maximum Gasteiger partial charge on any atom is 0.243 e. The van der Waals surface area contributed by atoms with E-state index in [-0.39, 0.29) is 23.1 Å². The molecule has 2 aromatic carbocycles. The number of piperidine rings is 1. The molecule has 158 valence electrons. The Morgan fingerprint density at radius 3 is 2.41 bits per heavy atom. The minimum Gasteiger partial charge on any atom is -0.298 e. The van der Waals surface area contributed by atoms with E-state index < -0.39 is 10.0 Å². The second kappa shape index (κ2) is 9.13. The van der Waals surface area contributed by atoms with Crippen molar-refractivity contribution in [2.24, 2.45) is 5.92 Å². The lowest BCUT2D eigenvalue weighted by Crippen LogP contribution is -2.42. The fourth-order valence-corrected chi connectivity index (χ4v) is 5.89. The third kappa shape index (κ3) is 4.82. The minimum atomic E-state index is -3.54. The van der Waals surface area contributed by atoms with Gasteiger partial charge in [0.25, 0.3) is 0 Å². The molecule has 0 unspecified atom stereocenters. The number of hydrogen-bond donors (Lipinski definition) is 0. The van der Waals surface area contributed by atoms with Crippen LogP contribution in [-0.2, 0) is 23.0 Å². The van der Waals surface area contributed by atoms with E-state index in [4.69, 9.17) is 0 Å². The molecule has 2 aromatic rings. The summed E-state index contributed by atoms with van der Waals surface area (Å²) in [5, 5.41) is 0. The molecule has 0 bridgehead atoms. The van der Waals surface area contributed by atoms with Gasteiger partial charge >= 0.3 is 0 Å². The SMILES string of the molecule is Cc1cc(S(=O)(=O)N2CCC(CN3CCc4ccccc4C3)CC2)ccc1F.Cl. The molecule has 7 heteroatoms. The van der Waals surface area contributed by atoms with E-state index in [1.165, 1.54) is 29.3 Å². The van der Waals surface area contributed by atoms with E-state index >= 15 is 0 Å². The monoisotopic (exact) mass is 438 g/mol. The van der Waals surface area contributed by atoms with Gasteiger partial charge in [-0.3, -0.25) is 4.90 Å². The van der Waals surface area contributed by atoms with Gasteiger partial charge in [-0.25, -0.2) is 12.8 Å². The molecule has 0 N–H and O–H groups in total. The number of sulfonamides is 1. The molecule has 1 fully saturated rings. The fraction of sp³-hybridized carbons (Fsp3) is 0.455. The smallest absolute Gasteiger partial charge is 0.243 e. The highest BCUT2D eigenvalue weighted by atomic mass is 35.5. The summed E-state index contributed by atoms with van der Waals surface area (Å²) in [5.74, 6) is 0.146. The zero-order valence-corrected chi connectivity index (χ0v) is 18.3. The zero-order chi connectivity index (χ0) is 19.7. The van der Waals surface area contributed by atoms with Crippen LogP contribution in [0.25, 0.3) is 0 Å². The molecule has 0 radical (unpaired) electrons. The molecule has 2 aliphatic rings. The van der Waals surface area contributed by atoms with Crippen LogP contribution in [-0.4, -0.2) is 43.8 Å². The van der Waals surface area contributed by atoms with E-state index in [1.807, 2.05) is 0 Å². The van der Waals surface area contributed by atoms with Crippen LogP contribution in [0.2, 0.25) is 0 Å². The Kier molecular flexibility index (Phi) is 6.99. The van der Waals surface area contributed by atoms with Crippen molar-refractivity contribution in [2.75, 3.05) is 26.2 Å². The number of rotatable bonds is 4. The average Bonchev–Trinajstić information content (AvgIpc) is 2.70. The van der Waals surface area contributed by atoms with Gasteiger partial charge in [-0.05, 0) is 67.0 Å². The lowest BCUT2D eigenvalue weighted by Gasteiger charge is -2.36. The third-order valence-electron chi connectivity index (χ3n) is 6.07. The topological polar surface area (TPSA) is 40.6 Å². The molecule has 0 atom stereocenters. The molecule has 0 saturated carbocycles. The molecule has 0 spiro atoms. The lowest BCUT2D eigenvalue weighted by atomic mass is 9.94. The first kappa shape index (κ1) is 22.2. The Balaban J connectivity index is 0.00000240. The van der Waals surface area contributed by atoms with Crippen LogP contribution in [0.15, 0.2) is 47.4 Å². The van der Waals surface area contributed by atoms with Crippen LogP contribution in [0.5, 0.6) is 0 Å². The van der Waals surface area contributed by atoms with Gasteiger partial charge in [0.15, 0.2) is 0 Å². The number of halogens is 2. The van der Waals surface area contributed by atoms with E-state index in [2.05, 4.69) is 29.2 Å². The van der Waals surface area contributed by atoms with Gasteiger partial charge in [-0.1, -0.05) is 24.3 Å². The first-order valence-electron chi connectivity index (χ1n) is 9.99. The van der Waals surface area contributed by atoms with E-state index in [0.29, 0.717) is 24.6 Å². The summed E-state index contributed by atoms with van der Waals surface area (Å²) in [6.07, 6.45) is 2.84. The highest BCUT2D eigenvalue weighted by Crippen LogP contribution is 2.27. The molecule has 4 rings (SSSR count). The molecular formula is C22H28ClFN2O2S. The van der Waals surface area contributed by atoms with Crippen LogP contribution in [0.1, 0.15) is 29.5 Å². The molecule has 0 aromatic heterocycles. The Morgan fingerprint density at radius 1 is 1.03 bits per heavy atom. The fourth-order valence-electron chi connectivity index (χ4n) is 4.33. The normalized spacial score (nSPS) is 18.8. The first-order valence-corrected chi connectivity index (χ1v) is 11.4. The van der Waals surface area contributed by atoms with Crippen LogP contribution >= 0.6 is 12.4 Å². The van der Waals surface area contributed by atoms with Crippen molar-refractivity contribution in [1.82, 2.24) is 9.21 Å². The van der Waals surface area contributed by atoms with Crippen molar-refractivity contribution in [3.8, 4) is 0 Å². The first-order chi connectivity index (χ1) is 13.4. The summed E-state index contributed by atoms with van der Waals surface area (Å²) >= 11 is 0. The lowest BCUT2D eigenvalue weighted by molar-refractivity contribution is 0.171. The molecule has 4 nitrogen and oxygen atoms in total. The average molecular weight is 439 g/mol. The Morgan fingerprint density at radius 2 is 1.72 bits per heavy atom. The largest absolute Gasteiger partial charge is 0.298 e. The Labute approximate surface area is 179 Å². The van der Waals surface area contributed by atoms with Crippen LogP contribution in [0.3, 0.4) is 0 Å². The number of benzene rings is 2. The standard InChI is InChI=1S/C22H27FN2O2S.ClH/c1-17-14-21(6-7-22(17)23)28(26,27)25-12-8-18(9-13-25)15-24-11-10-19-4-2-3-5-20(19)16-24;/h2-7,14,18H,8-13,15-16H2,1H3;1H. The molecule has 2 aliphatic heterocycles. The Bertz CT molecular complexity index is 959. The summed E-state index contributed by atoms with van der Waals surface area (Å²) in [6, 6.07) is 12.7. The van der Waals surface area contributed by atoms with Crippen LogP contribution < -0.4 is 0 Å². The van der Waals surface area contributed by atoms with Crippen LogP contribution in [0, 0.1) is 18.7 Å². The van der Waals surface area contributed by atoms with Crippen LogP contribution in [0.4, 0.5) is 4.39 Å². The predicted molar refractivity (Wildman–Crippen MR) is 115 cm³/mol. The van der Waals surface area contributed by atoms with Gasteiger partial charge in [0.05, 0.1) is 4.90 Å². The summed E-state index contributed by atoms with van der Waals surface area (Å²) in [4.78, 5) is 2.69. The summed E-state index contributed by atoms with van der Waals surface area (Å²) in [7, 11) is -3.54. The van der Waals surface area contributed by atoms with Gasteiger partial charge in [0.2, 0.25) is 10.0 Å². The van der Waals surface area contributed by atoms with Gasteiger partial charge in [0, 0.05) is 32.7 Å². The summed E-state index contributed by atoms with van der Waals surface area (Å²) < 4.78 is 40.8. The van der Waals surface area contributed by atoms with Crippen molar-refractivity contribution in [3.63, 3.8) is 0 Å². The number of nitrogens with zero attached hydrogens (tertiary/aromatic N) is 2. The number of hydrogen-bond acceptors (Lipinski definition) is 3. The van der Waals surface area contributed by atoms with Crippen molar-refractivity contribution in [1.29, 1.82) is 0 Å². The van der Waals surface area contributed by atoms with Gasteiger partial charge in [-0.2, -0.15) is 4.31 Å². The van der Waals surface area contributed by atoms with Crippen molar-refractivity contribution < 1.29 is 12.8 Å². The van der Waals surface area contributed by atoms with Gasteiger partial charge < -0.3 is 0 Å². The molecule has 29 heavy (non-hydrogen) atoms. The van der Waals surface area contributed by atoms with E-state index in [1.54, 1.807) is 11.2 Å². The highest BCUT2D eigenvalue weighted by molar-refractivity contribution is 7.89. The minimum absolute atomic E-state index is 0. The number of aryl methyl sites for hydroxylation is 1. The highest BCUT2D eigenvalue weighted by Gasteiger charge is 2.30. The molecule has 0 aliphatic carbocycles. The van der Waals surface area contributed by atoms with E-state index in [9.17, 15) is 12.8 Å². The van der Waals surface area contributed by atoms with Gasteiger partial charge in [-0.15, -0.1) is 12.4 Å². The van der Waals surface area contributed by atoms with Crippen molar-refractivity contribution >= 4 is 22.4 Å². The summed E-state index contributed by atoms with van der Waals surface area (Å²) in [5.41, 5.74) is 3.23. The summed E-state index contributed by atoms with van der Waals surface area (Å²) in [6.45, 7) is 5.75. The maximum atomic E-state index is 13.5. The number of fused-ring (bicyclic) bond motifs is 1. The maximum absolute atomic E-state index is 13.5. The quantitative estimate of drug-likeness (QED) is 0.724. The third-order valence-corrected chi connectivity index (χ3v) is 7.96. The van der Waals surface area contributed by atoms with E-state index in [0.717, 1.165) is 38.9 Å². The van der Waals surface area contributed by atoms with Crippen molar-refractivity contribution in [3.05, 3.63) is 65.0 Å². The zero-order valence-electron chi connectivity index (χ0n) is 16.7. The second-order valence-electron chi connectivity index (χ2n) is 8.01. The molecular weight excluding hydrogens is 411 g/mol. The second-order valence-corrected chi connectivity index (χ2v) is 9.95. The van der Waals surface area contributed by atoms with Crippen molar-refractivity contribution in [2.45, 2.75) is 37.6 Å². The molecule has 0 amide bonds. The van der Waals surface area contributed by atoms with Gasteiger partial charge in [0.1, 0.15) is 5.82 Å². The molecule has 1 saturated heterocycles. The molecule has 2 heterocycles.